The minimum Gasteiger partial charge on any atom is -0.493 e. The van der Waals surface area contributed by atoms with Crippen LogP contribution in [-0.2, 0) is 14.3 Å². The Bertz CT molecular complexity index is 1330. The Morgan fingerprint density at radius 1 is 1.21 bits per heavy atom. The third-order valence-electron chi connectivity index (χ3n) is 6.49. The molecule has 1 fully saturated rings. The van der Waals surface area contributed by atoms with Crippen molar-refractivity contribution in [2.24, 2.45) is 0 Å². The number of amides is 3. The number of nitrogens with zero attached hydrogens (tertiary/aromatic N) is 4. The number of fused-ring (bicyclic) bond motifs is 2. The molecule has 1 aromatic heterocycles. The van der Waals surface area contributed by atoms with Crippen LogP contribution in [0.2, 0.25) is 0 Å². The van der Waals surface area contributed by atoms with Crippen LogP contribution in [0.3, 0.4) is 0 Å². The van der Waals surface area contributed by atoms with Crippen LogP contribution < -0.4 is 15.4 Å². The Morgan fingerprint density at radius 2 is 1.97 bits per heavy atom. The molecule has 1 unspecified atom stereocenters. The highest BCUT2D eigenvalue weighted by Gasteiger charge is 2.35. The van der Waals surface area contributed by atoms with Crippen LogP contribution in [0.5, 0.6) is 5.75 Å². The van der Waals surface area contributed by atoms with E-state index in [0.717, 1.165) is 62.4 Å². The first-order valence-electron chi connectivity index (χ1n) is 12.9. The van der Waals surface area contributed by atoms with Crippen LogP contribution in [0, 0.1) is 0 Å². The highest BCUT2D eigenvalue weighted by Crippen LogP contribution is 2.39. The number of morpholine rings is 1. The molecule has 11 heteroatoms. The van der Waals surface area contributed by atoms with Gasteiger partial charge in [-0.2, -0.15) is 0 Å². The van der Waals surface area contributed by atoms with E-state index in [4.69, 9.17) is 9.47 Å². The molecule has 0 spiro atoms. The van der Waals surface area contributed by atoms with Crippen molar-refractivity contribution in [3.05, 3.63) is 59.5 Å². The molecular weight excluding hydrogens is 500 g/mol. The third kappa shape index (κ3) is 6.87. The van der Waals surface area contributed by atoms with Gasteiger partial charge < -0.3 is 25.0 Å². The number of carbonyl (C=O) groups excluding carboxylic acids is 3. The Hall–Kier alpha value is -4.09. The fourth-order valence-electron chi connectivity index (χ4n) is 4.50. The first-order chi connectivity index (χ1) is 18.9. The van der Waals surface area contributed by atoms with Crippen molar-refractivity contribution >= 4 is 34.8 Å². The number of benzene rings is 2. The standard InChI is InChI=1S/C25H27N5O4.C3H7NO/c1-26-24(31)16-3-6-20-19(13-16)22(25(32)29-20)23-18-5-4-17(14-21(18)27-15-28-23)34-10-2-7-30-8-11-33-12-9-30;1-4(2)3-5/h3-6,13-15,22H,2,7-12H2,1H3,(H,26,31)(H,29,32);3H,1-2H3. The molecule has 3 heterocycles. The third-order valence-corrected chi connectivity index (χ3v) is 6.49. The van der Waals surface area contributed by atoms with Gasteiger partial charge in [0.2, 0.25) is 12.3 Å². The molecule has 11 nitrogen and oxygen atoms in total. The minimum absolute atomic E-state index is 0.174. The molecule has 0 bridgehead atoms. The monoisotopic (exact) mass is 534 g/mol. The minimum atomic E-state index is -0.620. The van der Waals surface area contributed by atoms with Crippen LogP contribution in [0.1, 0.15) is 34.0 Å². The predicted octanol–water partition coefficient (Wildman–Crippen LogP) is 1.88. The molecule has 2 N–H and O–H groups in total. The molecule has 5 rings (SSSR count). The summed E-state index contributed by atoms with van der Waals surface area (Å²) in [6, 6.07) is 10.9. The topological polar surface area (TPSA) is 126 Å². The summed E-state index contributed by atoms with van der Waals surface area (Å²) in [5, 5.41) is 6.30. The summed E-state index contributed by atoms with van der Waals surface area (Å²) in [5.41, 5.74) is 3.23. The van der Waals surface area contributed by atoms with Gasteiger partial charge in [0.05, 0.1) is 31.0 Å². The SMILES string of the molecule is CN(C)C=O.CNC(=O)c1ccc2c(c1)C(c1ncnc3cc(OCCCN4CCOCC4)ccc13)C(=O)N2. The summed E-state index contributed by atoms with van der Waals surface area (Å²) >= 11 is 0. The van der Waals surface area contributed by atoms with E-state index in [9.17, 15) is 14.4 Å². The molecule has 2 aliphatic rings. The highest BCUT2D eigenvalue weighted by molar-refractivity contribution is 6.08. The predicted molar refractivity (Wildman–Crippen MR) is 147 cm³/mol. The molecule has 2 aliphatic heterocycles. The molecule has 1 atom stereocenters. The van der Waals surface area contributed by atoms with E-state index < -0.39 is 5.92 Å². The van der Waals surface area contributed by atoms with E-state index in [1.165, 1.54) is 11.2 Å². The zero-order valence-corrected chi connectivity index (χ0v) is 22.5. The lowest BCUT2D eigenvalue weighted by molar-refractivity contribution is -0.116. The lowest BCUT2D eigenvalue weighted by Gasteiger charge is -2.26. The summed E-state index contributed by atoms with van der Waals surface area (Å²) in [7, 11) is 4.96. The number of rotatable bonds is 8. The summed E-state index contributed by atoms with van der Waals surface area (Å²) < 4.78 is 11.3. The van der Waals surface area contributed by atoms with Gasteiger partial charge in [-0.05, 0) is 42.3 Å². The average Bonchev–Trinajstić information content (AvgIpc) is 3.29. The lowest BCUT2D eigenvalue weighted by atomic mass is 9.93. The summed E-state index contributed by atoms with van der Waals surface area (Å²) in [4.78, 5) is 47.1. The number of anilines is 1. The second-order valence-corrected chi connectivity index (χ2v) is 9.47. The number of nitrogens with one attached hydrogen (secondary N) is 2. The number of hydrogen-bond acceptors (Lipinski definition) is 8. The lowest BCUT2D eigenvalue weighted by Crippen LogP contribution is -2.37. The fraction of sp³-hybridized carbons (Fsp3) is 0.393. The van der Waals surface area contributed by atoms with Gasteiger partial charge in [-0.1, -0.05) is 0 Å². The van der Waals surface area contributed by atoms with E-state index in [0.29, 0.717) is 29.1 Å². The average molecular weight is 535 g/mol. The zero-order valence-electron chi connectivity index (χ0n) is 22.5. The van der Waals surface area contributed by atoms with Crippen molar-refractivity contribution in [2.45, 2.75) is 12.3 Å². The van der Waals surface area contributed by atoms with Gasteiger partial charge in [0.25, 0.3) is 5.91 Å². The number of aromatic nitrogens is 2. The molecule has 206 valence electrons. The van der Waals surface area contributed by atoms with Gasteiger partial charge >= 0.3 is 0 Å². The molecule has 2 aromatic carbocycles. The quantitative estimate of drug-likeness (QED) is 0.332. The molecule has 39 heavy (non-hydrogen) atoms. The molecule has 1 saturated heterocycles. The maximum absolute atomic E-state index is 12.9. The molecule has 0 aliphatic carbocycles. The van der Waals surface area contributed by atoms with E-state index in [-0.39, 0.29) is 11.8 Å². The summed E-state index contributed by atoms with van der Waals surface area (Å²) in [6.07, 6.45) is 3.15. The molecule has 0 saturated carbocycles. The molecule has 0 radical (unpaired) electrons. The first kappa shape index (κ1) is 27.9. The summed E-state index contributed by atoms with van der Waals surface area (Å²) in [5.74, 6) is -0.265. The normalized spacial score (nSPS) is 16.5. The van der Waals surface area contributed by atoms with Crippen molar-refractivity contribution in [2.75, 3.05) is 65.9 Å². The van der Waals surface area contributed by atoms with Crippen molar-refractivity contribution in [1.29, 1.82) is 0 Å². The van der Waals surface area contributed by atoms with Crippen molar-refractivity contribution in [3.8, 4) is 5.75 Å². The molecule has 3 amide bonds. The maximum atomic E-state index is 12.9. The van der Waals surface area contributed by atoms with Crippen molar-refractivity contribution in [3.63, 3.8) is 0 Å². The Balaban J connectivity index is 0.000000648. The highest BCUT2D eigenvalue weighted by atomic mass is 16.5. The van der Waals surface area contributed by atoms with Gasteiger partial charge in [0.1, 0.15) is 18.0 Å². The van der Waals surface area contributed by atoms with Gasteiger partial charge in [0.15, 0.2) is 0 Å². The van der Waals surface area contributed by atoms with Crippen molar-refractivity contribution < 1.29 is 23.9 Å². The maximum Gasteiger partial charge on any atom is 0.251 e. The Kier molecular flexibility index (Phi) is 9.40. The van der Waals surface area contributed by atoms with E-state index in [1.54, 1.807) is 39.3 Å². The molecule has 3 aromatic rings. The fourth-order valence-corrected chi connectivity index (χ4v) is 4.50. The van der Waals surface area contributed by atoms with Crippen molar-refractivity contribution in [1.82, 2.24) is 25.1 Å². The number of carbonyl (C=O) groups is 3. The second-order valence-electron chi connectivity index (χ2n) is 9.47. The second kappa shape index (κ2) is 13.1. The van der Waals surface area contributed by atoms with Crippen LogP contribution in [0.25, 0.3) is 10.9 Å². The van der Waals surface area contributed by atoms with Crippen LogP contribution in [-0.4, -0.2) is 98.6 Å². The van der Waals surface area contributed by atoms with Crippen LogP contribution in [0.15, 0.2) is 42.7 Å². The van der Waals surface area contributed by atoms with Crippen LogP contribution in [0.4, 0.5) is 5.69 Å². The van der Waals surface area contributed by atoms with E-state index in [2.05, 4.69) is 25.5 Å². The Morgan fingerprint density at radius 3 is 2.69 bits per heavy atom. The largest absolute Gasteiger partial charge is 0.493 e. The first-order valence-corrected chi connectivity index (χ1v) is 12.9. The van der Waals surface area contributed by atoms with Gasteiger partial charge in [0, 0.05) is 63.5 Å². The molecular formula is C28H34N6O5. The number of hydrogen-bond donors (Lipinski definition) is 2. The van der Waals surface area contributed by atoms with E-state index >= 15 is 0 Å². The smallest absolute Gasteiger partial charge is 0.251 e. The zero-order chi connectivity index (χ0) is 27.8. The van der Waals surface area contributed by atoms with Gasteiger partial charge in [-0.25, -0.2) is 9.97 Å². The van der Waals surface area contributed by atoms with Crippen LogP contribution >= 0.6 is 0 Å². The Labute approximate surface area is 227 Å². The number of ether oxygens (including phenoxy) is 2. The van der Waals surface area contributed by atoms with Gasteiger partial charge in [-0.3, -0.25) is 19.3 Å². The van der Waals surface area contributed by atoms with Gasteiger partial charge in [-0.15, -0.1) is 0 Å². The summed E-state index contributed by atoms with van der Waals surface area (Å²) in [6.45, 7) is 5.13. The van der Waals surface area contributed by atoms with E-state index in [1.807, 2.05) is 18.2 Å².